The van der Waals surface area contributed by atoms with Crippen LogP contribution in [0.3, 0.4) is 0 Å². The Morgan fingerprint density at radius 3 is 2.54 bits per heavy atom. The molecule has 0 aliphatic carbocycles. The van der Waals surface area contributed by atoms with Crippen LogP contribution in [-0.2, 0) is 16.6 Å². The van der Waals surface area contributed by atoms with Crippen molar-refractivity contribution in [2.45, 2.75) is 32.6 Å². The Morgan fingerprint density at radius 2 is 1.96 bits per heavy atom. The van der Waals surface area contributed by atoms with Crippen LogP contribution in [0.15, 0.2) is 23.6 Å². The van der Waals surface area contributed by atoms with E-state index in [0.717, 1.165) is 22.7 Å². The minimum absolute atomic E-state index is 0.0250. The molecular weight excluding hydrogens is 324 g/mol. The number of hydrogen-bond donors (Lipinski definition) is 1. The van der Waals surface area contributed by atoms with Gasteiger partial charge in [-0.2, -0.15) is 0 Å². The van der Waals surface area contributed by atoms with E-state index < -0.39 is 5.41 Å². The van der Waals surface area contributed by atoms with Crippen molar-refractivity contribution >= 4 is 17.2 Å². The van der Waals surface area contributed by atoms with E-state index in [1.165, 1.54) is 0 Å². The third kappa shape index (κ3) is 4.06. The molecule has 0 spiro atoms. The highest BCUT2D eigenvalue weighted by Crippen LogP contribution is 2.33. The molecule has 1 aromatic carbocycles. The normalized spacial score (nSPS) is 11.2. The van der Waals surface area contributed by atoms with E-state index in [1.54, 1.807) is 25.6 Å². The fourth-order valence-corrected chi connectivity index (χ4v) is 3.15. The molecule has 0 fully saturated rings. The van der Waals surface area contributed by atoms with Crippen molar-refractivity contribution < 1.29 is 14.3 Å². The first-order chi connectivity index (χ1) is 11.4. The summed E-state index contributed by atoms with van der Waals surface area (Å²) in [6.45, 7) is 6.34. The van der Waals surface area contributed by atoms with E-state index in [1.807, 2.05) is 44.4 Å². The zero-order valence-electron chi connectivity index (χ0n) is 14.8. The van der Waals surface area contributed by atoms with Crippen LogP contribution in [0.5, 0.6) is 11.5 Å². The van der Waals surface area contributed by atoms with Gasteiger partial charge in [0.1, 0.15) is 0 Å². The predicted octanol–water partition coefficient (Wildman–Crippen LogP) is 3.11. The first-order valence-electron chi connectivity index (χ1n) is 7.80. The van der Waals surface area contributed by atoms with Crippen molar-refractivity contribution in [1.82, 2.24) is 10.3 Å². The van der Waals surface area contributed by atoms with Gasteiger partial charge in [-0.15, -0.1) is 11.3 Å². The molecule has 1 aromatic heterocycles. The summed E-state index contributed by atoms with van der Waals surface area (Å²) in [5, 5.41) is 6.06. The first kappa shape index (κ1) is 18.3. The minimum Gasteiger partial charge on any atom is -0.493 e. The van der Waals surface area contributed by atoms with Gasteiger partial charge < -0.3 is 14.8 Å². The molecule has 1 N–H and O–H groups in total. The van der Waals surface area contributed by atoms with Crippen molar-refractivity contribution in [3.63, 3.8) is 0 Å². The van der Waals surface area contributed by atoms with Crippen LogP contribution in [0.2, 0.25) is 0 Å². The van der Waals surface area contributed by atoms with Gasteiger partial charge in [0.2, 0.25) is 5.91 Å². The maximum atomic E-state index is 12.6. The molecule has 0 unspecified atom stereocenters. The van der Waals surface area contributed by atoms with Crippen LogP contribution in [0.1, 0.15) is 30.1 Å². The van der Waals surface area contributed by atoms with Gasteiger partial charge in [0.05, 0.1) is 24.6 Å². The van der Waals surface area contributed by atoms with Crippen molar-refractivity contribution in [1.29, 1.82) is 0 Å². The van der Waals surface area contributed by atoms with Crippen LogP contribution < -0.4 is 14.8 Å². The summed E-state index contributed by atoms with van der Waals surface area (Å²) in [6, 6.07) is 5.56. The fraction of sp³-hybridized carbons (Fsp3) is 0.444. The van der Waals surface area contributed by atoms with E-state index in [0.29, 0.717) is 18.0 Å². The van der Waals surface area contributed by atoms with Crippen molar-refractivity contribution in [3.05, 3.63) is 39.8 Å². The number of hydrogen-bond acceptors (Lipinski definition) is 5. The number of carbonyl (C=O) groups excluding carboxylic acids is 1. The smallest absolute Gasteiger partial charge is 0.230 e. The molecule has 0 bridgehead atoms. The van der Waals surface area contributed by atoms with Gasteiger partial charge in [0.15, 0.2) is 11.5 Å². The van der Waals surface area contributed by atoms with Gasteiger partial charge in [-0.25, -0.2) is 4.98 Å². The summed E-state index contributed by atoms with van der Waals surface area (Å²) in [7, 11) is 3.18. The van der Waals surface area contributed by atoms with Gasteiger partial charge >= 0.3 is 0 Å². The molecule has 24 heavy (non-hydrogen) atoms. The molecule has 6 heteroatoms. The lowest BCUT2D eigenvalue weighted by Crippen LogP contribution is -2.40. The quantitative estimate of drug-likeness (QED) is 0.835. The third-order valence-corrected chi connectivity index (χ3v) is 4.99. The maximum absolute atomic E-state index is 12.6. The van der Waals surface area contributed by atoms with Gasteiger partial charge in [0.25, 0.3) is 0 Å². The van der Waals surface area contributed by atoms with E-state index in [9.17, 15) is 4.79 Å². The van der Waals surface area contributed by atoms with Crippen molar-refractivity contribution in [2.75, 3.05) is 20.8 Å². The van der Waals surface area contributed by atoms with Crippen molar-refractivity contribution in [3.8, 4) is 11.5 Å². The maximum Gasteiger partial charge on any atom is 0.230 e. The topological polar surface area (TPSA) is 60.5 Å². The van der Waals surface area contributed by atoms with E-state index in [4.69, 9.17) is 9.47 Å². The summed E-state index contributed by atoms with van der Waals surface area (Å²) in [4.78, 5) is 17.0. The number of thiazole rings is 1. The second-order valence-electron chi connectivity index (χ2n) is 6.08. The van der Waals surface area contributed by atoms with Crippen LogP contribution in [0.25, 0.3) is 0 Å². The molecule has 0 saturated carbocycles. The first-order valence-corrected chi connectivity index (χ1v) is 8.68. The summed E-state index contributed by atoms with van der Waals surface area (Å²) in [6.07, 6.45) is 0.742. The number of nitrogens with one attached hydrogen (secondary N) is 1. The third-order valence-electron chi connectivity index (χ3n) is 3.96. The molecule has 130 valence electrons. The number of aromatic nitrogens is 1. The summed E-state index contributed by atoms with van der Waals surface area (Å²) in [5.41, 5.74) is 1.23. The number of benzene rings is 1. The molecule has 0 aliphatic heterocycles. The van der Waals surface area contributed by atoms with E-state index >= 15 is 0 Å². The number of nitrogens with zero attached hydrogens (tertiary/aromatic N) is 1. The highest BCUT2D eigenvalue weighted by Gasteiger charge is 2.30. The monoisotopic (exact) mass is 348 g/mol. The molecule has 1 amide bonds. The van der Waals surface area contributed by atoms with E-state index in [-0.39, 0.29) is 5.91 Å². The van der Waals surface area contributed by atoms with Crippen LogP contribution in [0, 0.1) is 6.92 Å². The lowest BCUT2D eigenvalue weighted by molar-refractivity contribution is -0.125. The molecule has 0 atom stereocenters. The fourth-order valence-electron chi connectivity index (χ4n) is 2.38. The Labute approximate surface area is 147 Å². The van der Waals surface area contributed by atoms with Gasteiger partial charge in [-0.1, -0.05) is 6.07 Å². The second kappa shape index (κ2) is 7.66. The Bertz CT molecular complexity index is 710. The molecule has 0 radical (unpaired) electrons. The Kier molecular flexibility index (Phi) is 5.83. The predicted molar refractivity (Wildman–Crippen MR) is 96.1 cm³/mol. The largest absolute Gasteiger partial charge is 0.493 e. The molecule has 0 saturated heterocycles. The number of methoxy groups -OCH3 is 2. The SMILES string of the molecule is COc1ccc(C(C)(C)C(=O)NCCc2nc(C)cs2)cc1OC. The molecule has 2 rings (SSSR count). The zero-order chi connectivity index (χ0) is 17.7. The lowest BCUT2D eigenvalue weighted by Gasteiger charge is -2.25. The number of ether oxygens (including phenoxy) is 2. The average molecular weight is 348 g/mol. The van der Waals surface area contributed by atoms with Gasteiger partial charge in [0, 0.05) is 24.0 Å². The van der Waals surface area contributed by atoms with Crippen molar-refractivity contribution in [2.24, 2.45) is 0 Å². The Balaban J connectivity index is 2.04. The van der Waals surface area contributed by atoms with Gasteiger partial charge in [-0.05, 0) is 38.5 Å². The summed E-state index contributed by atoms with van der Waals surface area (Å²) < 4.78 is 10.6. The zero-order valence-corrected chi connectivity index (χ0v) is 15.6. The van der Waals surface area contributed by atoms with Gasteiger partial charge in [-0.3, -0.25) is 4.79 Å². The molecule has 5 nitrogen and oxygen atoms in total. The molecular formula is C18H24N2O3S. The number of amides is 1. The highest BCUT2D eigenvalue weighted by atomic mass is 32.1. The lowest BCUT2D eigenvalue weighted by atomic mass is 9.83. The minimum atomic E-state index is -0.668. The molecule has 1 heterocycles. The summed E-state index contributed by atoms with van der Waals surface area (Å²) >= 11 is 1.62. The standard InChI is InChI=1S/C18H24N2O3S/c1-12-11-24-16(20-12)8-9-19-17(21)18(2,3)13-6-7-14(22-4)15(10-13)23-5/h6-7,10-11H,8-9H2,1-5H3,(H,19,21). The van der Waals surface area contributed by atoms with Crippen LogP contribution in [-0.4, -0.2) is 31.7 Å². The average Bonchev–Trinajstić information content (AvgIpc) is 2.99. The summed E-state index contributed by atoms with van der Waals surface area (Å²) in [5.74, 6) is 1.24. The number of aryl methyl sites for hydroxylation is 1. The number of rotatable bonds is 7. The van der Waals surface area contributed by atoms with Crippen LogP contribution >= 0.6 is 11.3 Å². The second-order valence-corrected chi connectivity index (χ2v) is 7.03. The Morgan fingerprint density at radius 1 is 1.25 bits per heavy atom. The number of carbonyl (C=O) groups is 1. The Hall–Kier alpha value is -2.08. The molecule has 2 aromatic rings. The van der Waals surface area contributed by atoms with E-state index in [2.05, 4.69) is 10.3 Å². The van der Waals surface area contributed by atoms with Crippen LogP contribution in [0.4, 0.5) is 0 Å². The molecule has 0 aliphatic rings. The highest BCUT2D eigenvalue weighted by molar-refractivity contribution is 7.09.